The maximum absolute atomic E-state index is 12.0. The summed E-state index contributed by atoms with van der Waals surface area (Å²) in [5, 5.41) is 11.4. The van der Waals surface area contributed by atoms with Crippen molar-refractivity contribution in [2.75, 3.05) is 26.0 Å². The smallest absolute Gasteiger partial charge is 0.321 e. The molecule has 1 atom stereocenters. The predicted octanol–water partition coefficient (Wildman–Crippen LogP) is 1.09. The highest BCUT2D eigenvalue weighted by molar-refractivity contribution is 7.89. The molecule has 0 aromatic heterocycles. The first-order valence-corrected chi connectivity index (χ1v) is 8.36. The summed E-state index contributed by atoms with van der Waals surface area (Å²) >= 11 is 0. The van der Waals surface area contributed by atoms with E-state index in [2.05, 4.69) is 10.0 Å². The molecule has 3 N–H and O–H groups in total. The zero-order valence-electron chi connectivity index (χ0n) is 13.5. The zero-order valence-corrected chi connectivity index (χ0v) is 14.3. The van der Waals surface area contributed by atoms with E-state index >= 15 is 0 Å². The molecule has 0 heterocycles. The van der Waals surface area contributed by atoms with Gasteiger partial charge in [0.25, 0.3) is 0 Å². The number of sulfonamides is 1. The molecule has 9 heteroatoms. The number of rotatable bonds is 6. The van der Waals surface area contributed by atoms with E-state index in [0.29, 0.717) is 11.3 Å². The molecule has 0 saturated heterocycles. The van der Waals surface area contributed by atoms with Gasteiger partial charge in [0.2, 0.25) is 10.0 Å². The van der Waals surface area contributed by atoms with Crippen LogP contribution in [0, 0.1) is 12.8 Å². The van der Waals surface area contributed by atoms with Gasteiger partial charge in [0.15, 0.2) is 0 Å². The number of carbonyl (C=O) groups is 2. The molecule has 1 aromatic carbocycles. The minimum absolute atomic E-state index is 0.0364. The van der Waals surface area contributed by atoms with Crippen LogP contribution in [0.5, 0.6) is 0 Å². The maximum atomic E-state index is 12.0. The maximum Gasteiger partial charge on any atom is 0.321 e. The number of amides is 2. The Kier molecular flexibility index (Phi) is 6.11. The molecule has 0 radical (unpaired) electrons. The zero-order chi connectivity index (χ0) is 17.8. The van der Waals surface area contributed by atoms with Crippen molar-refractivity contribution >= 4 is 27.7 Å². The summed E-state index contributed by atoms with van der Waals surface area (Å²) in [6.45, 7) is 3.18. The molecule has 0 aliphatic rings. The van der Waals surface area contributed by atoms with Crippen LogP contribution in [0.25, 0.3) is 0 Å². The summed E-state index contributed by atoms with van der Waals surface area (Å²) in [4.78, 5) is 24.1. The number of carboxylic acid groups (broad SMARTS) is 1. The van der Waals surface area contributed by atoms with Crippen LogP contribution in [-0.2, 0) is 14.8 Å². The first-order chi connectivity index (χ1) is 10.6. The molecule has 0 bridgehead atoms. The molecule has 23 heavy (non-hydrogen) atoms. The van der Waals surface area contributed by atoms with Crippen LogP contribution in [0.1, 0.15) is 12.5 Å². The van der Waals surface area contributed by atoms with E-state index in [4.69, 9.17) is 5.11 Å². The number of hydrogen-bond acceptors (Lipinski definition) is 4. The number of carbonyl (C=O) groups excluding carboxylic acids is 1. The van der Waals surface area contributed by atoms with Gasteiger partial charge in [-0.25, -0.2) is 17.9 Å². The van der Waals surface area contributed by atoms with Gasteiger partial charge in [0, 0.05) is 19.3 Å². The van der Waals surface area contributed by atoms with Crippen LogP contribution in [-0.4, -0.2) is 51.1 Å². The van der Waals surface area contributed by atoms with Crippen LogP contribution in [0.2, 0.25) is 0 Å². The number of nitrogens with one attached hydrogen (secondary N) is 2. The summed E-state index contributed by atoms with van der Waals surface area (Å²) < 4.78 is 26.1. The summed E-state index contributed by atoms with van der Waals surface area (Å²) in [5.74, 6) is -1.70. The number of carboxylic acids is 1. The quantitative estimate of drug-likeness (QED) is 0.715. The fraction of sp³-hybridized carbons (Fsp3) is 0.429. The van der Waals surface area contributed by atoms with Gasteiger partial charge in [0.05, 0.1) is 10.8 Å². The third-order valence-electron chi connectivity index (χ3n) is 3.31. The normalized spacial score (nSPS) is 12.5. The standard InChI is InChI=1S/C14H21N3O5S/c1-9-5-6-11(7-12(9)23(21,22)15-3)16-14(20)17(4)8-10(2)13(18)19/h5-7,10,15H,8H2,1-4H3,(H,16,20)(H,18,19). The molecule has 1 aromatic rings. The Labute approximate surface area is 135 Å². The minimum atomic E-state index is -3.63. The van der Waals surface area contributed by atoms with Gasteiger partial charge >= 0.3 is 12.0 Å². The highest BCUT2D eigenvalue weighted by atomic mass is 32.2. The van der Waals surface area contributed by atoms with Crippen molar-refractivity contribution in [2.45, 2.75) is 18.7 Å². The SMILES string of the molecule is CNS(=O)(=O)c1cc(NC(=O)N(C)CC(C)C(=O)O)ccc1C. The second kappa shape index (κ2) is 7.42. The van der Waals surface area contributed by atoms with Crippen molar-refractivity contribution in [2.24, 2.45) is 5.92 Å². The van der Waals surface area contributed by atoms with E-state index in [1.54, 1.807) is 19.1 Å². The Hall–Kier alpha value is -2.13. The van der Waals surface area contributed by atoms with Gasteiger partial charge in [-0.1, -0.05) is 13.0 Å². The lowest BCUT2D eigenvalue weighted by molar-refractivity contribution is -0.141. The van der Waals surface area contributed by atoms with Gasteiger partial charge in [-0.2, -0.15) is 0 Å². The average molecular weight is 343 g/mol. The molecule has 1 rings (SSSR count). The van der Waals surface area contributed by atoms with Crippen LogP contribution in [0.4, 0.5) is 10.5 Å². The van der Waals surface area contributed by atoms with E-state index in [9.17, 15) is 18.0 Å². The second-order valence-electron chi connectivity index (χ2n) is 5.24. The number of benzene rings is 1. The largest absolute Gasteiger partial charge is 0.481 e. The molecule has 0 fully saturated rings. The third kappa shape index (κ3) is 4.93. The summed E-state index contributed by atoms with van der Waals surface area (Å²) in [5.41, 5.74) is 0.856. The van der Waals surface area contributed by atoms with Gasteiger partial charge in [-0.3, -0.25) is 4.79 Å². The molecule has 128 valence electrons. The summed E-state index contributed by atoms with van der Waals surface area (Å²) in [6, 6.07) is 4.00. The van der Waals surface area contributed by atoms with E-state index in [1.165, 1.54) is 32.0 Å². The predicted molar refractivity (Wildman–Crippen MR) is 85.9 cm³/mol. The van der Waals surface area contributed by atoms with E-state index < -0.39 is 27.9 Å². The van der Waals surface area contributed by atoms with Gasteiger partial charge < -0.3 is 15.3 Å². The van der Waals surface area contributed by atoms with Gasteiger partial charge in [0.1, 0.15) is 0 Å². The van der Waals surface area contributed by atoms with Crippen molar-refractivity contribution in [3.63, 3.8) is 0 Å². The highest BCUT2D eigenvalue weighted by Gasteiger charge is 2.19. The lowest BCUT2D eigenvalue weighted by atomic mass is 10.2. The van der Waals surface area contributed by atoms with E-state index in [0.717, 1.165) is 0 Å². The minimum Gasteiger partial charge on any atom is -0.481 e. The van der Waals surface area contributed by atoms with Crippen LogP contribution < -0.4 is 10.0 Å². The fourth-order valence-corrected chi connectivity index (χ4v) is 2.86. The lowest BCUT2D eigenvalue weighted by Crippen LogP contribution is -2.36. The highest BCUT2D eigenvalue weighted by Crippen LogP contribution is 2.20. The number of urea groups is 1. The van der Waals surface area contributed by atoms with Gasteiger partial charge in [-0.05, 0) is 31.7 Å². The first kappa shape index (κ1) is 18.9. The molecule has 2 amide bonds. The molecule has 0 aliphatic heterocycles. The number of hydrogen-bond donors (Lipinski definition) is 3. The molecule has 8 nitrogen and oxygen atoms in total. The number of anilines is 1. The summed E-state index contributed by atoms with van der Waals surface area (Å²) in [7, 11) is -0.857. The Morgan fingerprint density at radius 2 is 1.96 bits per heavy atom. The Bertz CT molecular complexity index is 702. The average Bonchev–Trinajstić information content (AvgIpc) is 2.48. The number of aliphatic carboxylic acids is 1. The van der Waals surface area contributed by atoms with Crippen molar-refractivity contribution in [1.82, 2.24) is 9.62 Å². The molecular formula is C14H21N3O5S. The number of nitrogens with zero attached hydrogens (tertiary/aromatic N) is 1. The van der Waals surface area contributed by atoms with Crippen molar-refractivity contribution in [1.29, 1.82) is 0 Å². The topological polar surface area (TPSA) is 116 Å². The number of aryl methyl sites for hydroxylation is 1. The summed E-state index contributed by atoms with van der Waals surface area (Å²) in [6.07, 6.45) is 0. The van der Waals surface area contributed by atoms with Crippen molar-refractivity contribution < 1.29 is 23.1 Å². The Morgan fingerprint density at radius 1 is 1.35 bits per heavy atom. The van der Waals surface area contributed by atoms with Crippen LogP contribution >= 0.6 is 0 Å². The van der Waals surface area contributed by atoms with Crippen LogP contribution in [0.3, 0.4) is 0 Å². The van der Waals surface area contributed by atoms with Crippen molar-refractivity contribution in [3.05, 3.63) is 23.8 Å². The van der Waals surface area contributed by atoms with Crippen molar-refractivity contribution in [3.8, 4) is 0 Å². The Morgan fingerprint density at radius 3 is 2.48 bits per heavy atom. The first-order valence-electron chi connectivity index (χ1n) is 6.87. The fourth-order valence-electron chi connectivity index (χ4n) is 1.87. The second-order valence-corrected chi connectivity index (χ2v) is 7.09. The van der Waals surface area contributed by atoms with E-state index in [-0.39, 0.29) is 11.4 Å². The van der Waals surface area contributed by atoms with E-state index in [1.807, 2.05) is 0 Å². The Balaban J connectivity index is 2.91. The molecule has 0 saturated carbocycles. The monoisotopic (exact) mass is 343 g/mol. The van der Waals surface area contributed by atoms with Crippen LogP contribution in [0.15, 0.2) is 23.1 Å². The molecular weight excluding hydrogens is 322 g/mol. The molecule has 1 unspecified atom stereocenters. The molecule has 0 aliphatic carbocycles. The van der Waals surface area contributed by atoms with Gasteiger partial charge in [-0.15, -0.1) is 0 Å². The third-order valence-corrected chi connectivity index (χ3v) is 4.87. The lowest BCUT2D eigenvalue weighted by Gasteiger charge is -2.20. The molecule has 0 spiro atoms.